The van der Waals surface area contributed by atoms with Gasteiger partial charge in [0.25, 0.3) is 5.91 Å². The molecule has 0 spiro atoms. The van der Waals surface area contributed by atoms with Crippen LogP contribution in [0.4, 0.5) is 5.69 Å². The predicted octanol–water partition coefficient (Wildman–Crippen LogP) is 4.86. The third kappa shape index (κ3) is 2.76. The van der Waals surface area contributed by atoms with Crippen molar-refractivity contribution < 1.29 is 4.79 Å². The molecule has 5 rings (SSSR count). The monoisotopic (exact) mass is 370 g/mol. The molecular formula is C21H14N4OS. The van der Waals surface area contributed by atoms with E-state index in [1.807, 2.05) is 66.0 Å². The number of hydrogen-bond donors (Lipinski definition) is 1. The Kier molecular flexibility index (Phi) is 3.69. The number of hydrogen-bond acceptors (Lipinski definition) is 4. The number of carbonyl (C=O) groups is 1. The fraction of sp³-hybridized carbons (Fsp3) is 0. The van der Waals surface area contributed by atoms with Crippen LogP contribution in [0.1, 0.15) is 10.5 Å². The summed E-state index contributed by atoms with van der Waals surface area (Å²) in [5, 5.41) is 11.6. The third-order valence-electron chi connectivity index (χ3n) is 4.40. The van der Waals surface area contributed by atoms with E-state index in [9.17, 15) is 4.79 Å². The van der Waals surface area contributed by atoms with Gasteiger partial charge in [-0.2, -0.15) is 5.10 Å². The topological polar surface area (TPSA) is 59.3 Å². The van der Waals surface area contributed by atoms with Crippen LogP contribution in [-0.4, -0.2) is 20.5 Å². The molecule has 5 aromatic rings. The minimum atomic E-state index is -0.256. The normalized spacial score (nSPS) is 11.1. The molecule has 27 heavy (non-hydrogen) atoms. The van der Waals surface area contributed by atoms with Crippen molar-refractivity contribution in [2.45, 2.75) is 0 Å². The van der Waals surface area contributed by atoms with Crippen LogP contribution in [-0.2, 0) is 0 Å². The SMILES string of the molecule is O=C(Nc1cccc2ccccc12)c1cc2nccc(-c3cccs3)n2n1. The molecule has 6 heteroatoms. The molecule has 3 heterocycles. The molecule has 0 aliphatic heterocycles. The Bertz CT molecular complexity index is 1270. The molecule has 0 aliphatic carbocycles. The van der Waals surface area contributed by atoms with Gasteiger partial charge in [-0.1, -0.05) is 42.5 Å². The van der Waals surface area contributed by atoms with E-state index in [0.29, 0.717) is 11.3 Å². The first-order valence-electron chi connectivity index (χ1n) is 8.47. The lowest BCUT2D eigenvalue weighted by atomic mass is 10.1. The molecule has 0 radical (unpaired) electrons. The summed E-state index contributed by atoms with van der Waals surface area (Å²) >= 11 is 1.62. The van der Waals surface area contributed by atoms with Gasteiger partial charge in [0.15, 0.2) is 11.3 Å². The van der Waals surface area contributed by atoms with Gasteiger partial charge in [-0.3, -0.25) is 4.79 Å². The molecule has 2 aromatic carbocycles. The fourth-order valence-electron chi connectivity index (χ4n) is 3.14. The quantitative estimate of drug-likeness (QED) is 0.493. The Balaban J connectivity index is 1.54. The van der Waals surface area contributed by atoms with E-state index in [-0.39, 0.29) is 5.91 Å². The number of amides is 1. The average molecular weight is 370 g/mol. The second-order valence-corrected chi connectivity index (χ2v) is 7.04. The van der Waals surface area contributed by atoms with E-state index >= 15 is 0 Å². The highest BCUT2D eigenvalue weighted by Crippen LogP contribution is 2.26. The zero-order chi connectivity index (χ0) is 18.2. The minimum Gasteiger partial charge on any atom is -0.320 e. The average Bonchev–Trinajstić information content (AvgIpc) is 3.38. The lowest BCUT2D eigenvalue weighted by molar-refractivity contribution is 0.102. The Morgan fingerprint density at radius 1 is 1.00 bits per heavy atom. The molecule has 0 saturated heterocycles. The summed E-state index contributed by atoms with van der Waals surface area (Å²) < 4.78 is 1.71. The molecule has 1 N–H and O–H groups in total. The Labute approximate surface area is 158 Å². The Morgan fingerprint density at radius 3 is 2.78 bits per heavy atom. The first kappa shape index (κ1) is 15.7. The third-order valence-corrected chi connectivity index (χ3v) is 5.29. The molecule has 0 fully saturated rings. The highest BCUT2D eigenvalue weighted by Gasteiger charge is 2.15. The lowest BCUT2D eigenvalue weighted by Crippen LogP contribution is -2.13. The second kappa shape index (κ2) is 6.34. The van der Waals surface area contributed by atoms with Gasteiger partial charge in [-0.25, -0.2) is 9.50 Å². The Morgan fingerprint density at radius 2 is 1.89 bits per heavy atom. The van der Waals surface area contributed by atoms with Crippen molar-refractivity contribution in [1.82, 2.24) is 14.6 Å². The number of benzene rings is 2. The van der Waals surface area contributed by atoms with Crippen molar-refractivity contribution in [3.63, 3.8) is 0 Å². The number of nitrogens with one attached hydrogen (secondary N) is 1. The van der Waals surface area contributed by atoms with E-state index in [4.69, 9.17) is 0 Å². The van der Waals surface area contributed by atoms with E-state index < -0.39 is 0 Å². The highest BCUT2D eigenvalue weighted by atomic mass is 32.1. The number of fused-ring (bicyclic) bond motifs is 2. The van der Waals surface area contributed by atoms with E-state index in [0.717, 1.165) is 27.0 Å². The van der Waals surface area contributed by atoms with Gasteiger partial charge in [0, 0.05) is 23.3 Å². The second-order valence-electron chi connectivity index (χ2n) is 6.09. The standard InChI is InChI=1S/C21H14N4OS/c26-21(23-16-8-3-6-14-5-1-2-7-15(14)16)17-13-20-22-11-10-18(25(20)24-17)19-9-4-12-27-19/h1-13H,(H,23,26). The largest absolute Gasteiger partial charge is 0.320 e. The van der Waals surface area contributed by atoms with Crippen LogP contribution in [0, 0.1) is 0 Å². The number of thiophene rings is 1. The number of anilines is 1. The zero-order valence-electron chi connectivity index (χ0n) is 14.2. The maximum atomic E-state index is 12.8. The summed E-state index contributed by atoms with van der Waals surface area (Å²) in [6.07, 6.45) is 1.73. The van der Waals surface area contributed by atoms with E-state index in [2.05, 4.69) is 15.4 Å². The van der Waals surface area contributed by atoms with Crippen LogP contribution in [0.5, 0.6) is 0 Å². The van der Waals surface area contributed by atoms with Crippen molar-refractivity contribution in [3.05, 3.63) is 84.0 Å². The molecule has 5 nitrogen and oxygen atoms in total. The summed E-state index contributed by atoms with van der Waals surface area (Å²) in [7, 11) is 0. The maximum Gasteiger partial charge on any atom is 0.276 e. The van der Waals surface area contributed by atoms with Gasteiger partial charge in [0.2, 0.25) is 0 Å². The van der Waals surface area contributed by atoms with Gasteiger partial charge in [-0.15, -0.1) is 11.3 Å². The molecule has 0 atom stereocenters. The highest BCUT2D eigenvalue weighted by molar-refractivity contribution is 7.13. The van der Waals surface area contributed by atoms with Crippen molar-refractivity contribution in [1.29, 1.82) is 0 Å². The van der Waals surface area contributed by atoms with E-state index in [1.165, 1.54) is 0 Å². The summed E-state index contributed by atoms with van der Waals surface area (Å²) in [6.45, 7) is 0. The predicted molar refractivity (Wildman–Crippen MR) is 108 cm³/mol. The summed E-state index contributed by atoms with van der Waals surface area (Å²) in [6, 6.07) is 21.4. The first-order chi connectivity index (χ1) is 13.3. The zero-order valence-corrected chi connectivity index (χ0v) is 15.0. The molecular weight excluding hydrogens is 356 g/mol. The van der Waals surface area contributed by atoms with Gasteiger partial charge < -0.3 is 5.32 Å². The van der Waals surface area contributed by atoms with Crippen LogP contribution < -0.4 is 5.32 Å². The van der Waals surface area contributed by atoms with Crippen LogP contribution in [0.25, 0.3) is 27.0 Å². The number of carbonyl (C=O) groups excluding carboxylic acids is 1. The first-order valence-corrected chi connectivity index (χ1v) is 9.35. The van der Waals surface area contributed by atoms with Gasteiger partial charge in [0.05, 0.1) is 10.6 Å². The molecule has 0 saturated carbocycles. The van der Waals surface area contributed by atoms with Crippen LogP contribution in [0.15, 0.2) is 78.3 Å². The van der Waals surface area contributed by atoms with Crippen molar-refractivity contribution in [2.75, 3.05) is 5.32 Å². The van der Waals surface area contributed by atoms with Gasteiger partial charge in [0.1, 0.15) is 0 Å². The molecule has 130 valence electrons. The smallest absolute Gasteiger partial charge is 0.276 e. The number of rotatable bonds is 3. The van der Waals surface area contributed by atoms with Gasteiger partial charge >= 0.3 is 0 Å². The Hall–Kier alpha value is -3.51. The van der Waals surface area contributed by atoms with Crippen molar-refractivity contribution in [3.8, 4) is 10.6 Å². The lowest BCUT2D eigenvalue weighted by Gasteiger charge is -2.07. The molecule has 3 aromatic heterocycles. The molecule has 0 unspecified atom stereocenters. The molecule has 0 aliphatic rings. The number of aromatic nitrogens is 3. The minimum absolute atomic E-state index is 0.256. The molecule has 0 bridgehead atoms. The maximum absolute atomic E-state index is 12.8. The van der Waals surface area contributed by atoms with Crippen LogP contribution in [0.3, 0.4) is 0 Å². The molecule has 1 amide bonds. The van der Waals surface area contributed by atoms with Crippen LogP contribution >= 0.6 is 11.3 Å². The fourth-order valence-corrected chi connectivity index (χ4v) is 3.87. The van der Waals surface area contributed by atoms with E-state index in [1.54, 1.807) is 28.1 Å². The van der Waals surface area contributed by atoms with Crippen molar-refractivity contribution >= 4 is 39.4 Å². The summed E-state index contributed by atoms with van der Waals surface area (Å²) in [5.74, 6) is -0.256. The number of nitrogens with zero attached hydrogens (tertiary/aromatic N) is 3. The summed E-state index contributed by atoms with van der Waals surface area (Å²) in [5.41, 5.74) is 2.66. The summed E-state index contributed by atoms with van der Waals surface area (Å²) in [4.78, 5) is 18.2. The van der Waals surface area contributed by atoms with Crippen LogP contribution in [0.2, 0.25) is 0 Å². The van der Waals surface area contributed by atoms with Gasteiger partial charge in [-0.05, 0) is 29.0 Å². The van der Waals surface area contributed by atoms with Crippen molar-refractivity contribution in [2.24, 2.45) is 0 Å².